The van der Waals surface area contributed by atoms with Crippen molar-refractivity contribution in [1.82, 2.24) is 9.80 Å². The van der Waals surface area contributed by atoms with E-state index in [0.717, 1.165) is 22.3 Å². The summed E-state index contributed by atoms with van der Waals surface area (Å²) in [6.45, 7) is 3.64. The number of halogens is 2. The average molecular weight is 354 g/mol. The van der Waals surface area contributed by atoms with Crippen LogP contribution in [-0.4, -0.2) is 61.6 Å². The zero-order chi connectivity index (χ0) is 14.5. The van der Waals surface area contributed by atoms with Crippen LogP contribution in [0.15, 0.2) is 12.1 Å². The van der Waals surface area contributed by atoms with Gasteiger partial charge in [0.25, 0.3) is 0 Å². The highest BCUT2D eigenvalue weighted by atomic mass is 35.5. The van der Waals surface area contributed by atoms with Gasteiger partial charge in [0.1, 0.15) is 0 Å². The molecule has 0 bridgehead atoms. The Hall–Kier alpha value is -0.370. The standard InChI is InChI=1S/C13H20ClN3O2S.ClH/c1-16(8-11-2-3-12(14)20-11)13(18)9-17-4-5-19-10(6-15)7-17;/h2-3,10H,4-9,15H2,1H3;1H. The molecule has 0 aliphatic carbocycles. The number of amides is 1. The summed E-state index contributed by atoms with van der Waals surface area (Å²) in [6.07, 6.45) is 0.0398. The molecule has 0 saturated carbocycles. The Kier molecular flexibility index (Phi) is 7.94. The summed E-state index contributed by atoms with van der Waals surface area (Å²) < 4.78 is 6.24. The Morgan fingerprint density at radius 3 is 3.00 bits per heavy atom. The third-order valence-corrected chi connectivity index (χ3v) is 4.51. The maximum absolute atomic E-state index is 12.2. The summed E-state index contributed by atoms with van der Waals surface area (Å²) in [6, 6.07) is 3.81. The van der Waals surface area contributed by atoms with E-state index in [1.165, 1.54) is 11.3 Å². The van der Waals surface area contributed by atoms with Crippen molar-refractivity contribution >= 4 is 41.3 Å². The van der Waals surface area contributed by atoms with E-state index in [-0.39, 0.29) is 24.4 Å². The number of hydrogen-bond donors (Lipinski definition) is 1. The number of ether oxygens (including phenoxy) is 1. The molecule has 0 spiro atoms. The topological polar surface area (TPSA) is 58.8 Å². The Labute approximate surface area is 140 Å². The summed E-state index contributed by atoms with van der Waals surface area (Å²) in [4.78, 5) is 17.1. The number of nitrogens with zero attached hydrogens (tertiary/aromatic N) is 2. The van der Waals surface area contributed by atoms with Crippen molar-refractivity contribution in [2.45, 2.75) is 12.6 Å². The Morgan fingerprint density at radius 2 is 2.38 bits per heavy atom. The molecule has 8 heteroatoms. The summed E-state index contributed by atoms with van der Waals surface area (Å²) in [5.41, 5.74) is 5.60. The highest BCUT2D eigenvalue weighted by Crippen LogP contribution is 2.22. The quantitative estimate of drug-likeness (QED) is 0.869. The lowest BCUT2D eigenvalue weighted by atomic mass is 10.2. The zero-order valence-corrected chi connectivity index (χ0v) is 14.3. The van der Waals surface area contributed by atoms with E-state index in [1.54, 1.807) is 4.90 Å². The van der Waals surface area contributed by atoms with Crippen molar-refractivity contribution in [3.8, 4) is 0 Å². The zero-order valence-electron chi connectivity index (χ0n) is 12.0. The Bertz CT molecular complexity index is 458. The molecule has 1 aliphatic rings. The van der Waals surface area contributed by atoms with Crippen LogP contribution in [0.4, 0.5) is 0 Å². The summed E-state index contributed by atoms with van der Waals surface area (Å²) in [7, 11) is 1.82. The third kappa shape index (κ3) is 5.73. The van der Waals surface area contributed by atoms with E-state index in [1.807, 2.05) is 19.2 Å². The van der Waals surface area contributed by atoms with Crippen LogP contribution in [0.3, 0.4) is 0 Å². The predicted molar refractivity (Wildman–Crippen MR) is 88.3 cm³/mol. The average Bonchev–Trinajstić information content (AvgIpc) is 2.84. The number of carbonyl (C=O) groups excluding carboxylic acids is 1. The smallest absolute Gasteiger partial charge is 0.236 e. The number of thiophene rings is 1. The Balaban J connectivity index is 0.00000220. The molecule has 2 N–H and O–H groups in total. The number of hydrogen-bond acceptors (Lipinski definition) is 5. The predicted octanol–water partition coefficient (Wildman–Crippen LogP) is 1.44. The van der Waals surface area contributed by atoms with Crippen molar-refractivity contribution in [2.75, 3.05) is 39.8 Å². The lowest BCUT2D eigenvalue weighted by molar-refractivity contribution is -0.133. The van der Waals surface area contributed by atoms with Crippen LogP contribution < -0.4 is 5.73 Å². The summed E-state index contributed by atoms with van der Waals surface area (Å²) >= 11 is 7.40. The first-order valence-electron chi connectivity index (χ1n) is 6.60. The van der Waals surface area contributed by atoms with Crippen molar-refractivity contribution in [2.24, 2.45) is 5.73 Å². The van der Waals surface area contributed by atoms with Crippen LogP contribution in [-0.2, 0) is 16.1 Å². The van der Waals surface area contributed by atoms with Gasteiger partial charge in [0.2, 0.25) is 5.91 Å². The first-order valence-corrected chi connectivity index (χ1v) is 7.80. The van der Waals surface area contributed by atoms with E-state index >= 15 is 0 Å². The number of likely N-dealkylation sites (N-methyl/N-ethyl adjacent to an activating group) is 1. The lowest BCUT2D eigenvalue weighted by Crippen LogP contribution is -2.49. The van der Waals surface area contributed by atoms with E-state index in [2.05, 4.69) is 4.90 Å². The molecule has 21 heavy (non-hydrogen) atoms. The number of morpholine rings is 1. The molecular formula is C13H21Cl2N3O2S. The molecule has 0 radical (unpaired) electrons. The van der Waals surface area contributed by atoms with Crippen molar-refractivity contribution in [3.05, 3.63) is 21.3 Å². The minimum absolute atomic E-state index is 0. The van der Waals surface area contributed by atoms with Gasteiger partial charge >= 0.3 is 0 Å². The van der Waals surface area contributed by atoms with E-state index in [0.29, 0.717) is 26.2 Å². The maximum Gasteiger partial charge on any atom is 0.236 e. The summed E-state index contributed by atoms with van der Waals surface area (Å²) in [5.74, 6) is 0.104. The first kappa shape index (κ1) is 18.7. The van der Waals surface area contributed by atoms with Crippen LogP contribution in [0, 0.1) is 0 Å². The fraction of sp³-hybridized carbons (Fsp3) is 0.615. The molecule has 1 aromatic rings. The molecule has 120 valence electrons. The van der Waals surface area contributed by atoms with Gasteiger partial charge in [-0.1, -0.05) is 11.6 Å². The third-order valence-electron chi connectivity index (χ3n) is 3.29. The Morgan fingerprint density at radius 1 is 1.62 bits per heavy atom. The normalized spacial score (nSPS) is 19.1. The van der Waals surface area contributed by atoms with Gasteiger partial charge in [0, 0.05) is 31.6 Å². The molecule has 2 rings (SSSR count). The molecular weight excluding hydrogens is 333 g/mol. The van der Waals surface area contributed by atoms with Crippen LogP contribution >= 0.6 is 35.3 Å². The van der Waals surface area contributed by atoms with Gasteiger partial charge in [-0.25, -0.2) is 0 Å². The van der Waals surface area contributed by atoms with Gasteiger partial charge < -0.3 is 15.4 Å². The minimum Gasteiger partial charge on any atom is -0.374 e. The van der Waals surface area contributed by atoms with Gasteiger partial charge in [-0.15, -0.1) is 23.7 Å². The fourth-order valence-electron chi connectivity index (χ4n) is 2.14. The fourth-order valence-corrected chi connectivity index (χ4v) is 3.28. The van der Waals surface area contributed by atoms with Crippen LogP contribution in [0.2, 0.25) is 4.34 Å². The molecule has 1 amide bonds. The maximum atomic E-state index is 12.2. The van der Waals surface area contributed by atoms with Gasteiger partial charge in [-0.2, -0.15) is 0 Å². The SMILES string of the molecule is CN(Cc1ccc(Cl)s1)C(=O)CN1CCOC(CN)C1.Cl. The van der Waals surface area contributed by atoms with Crippen LogP contribution in [0.5, 0.6) is 0 Å². The highest BCUT2D eigenvalue weighted by Gasteiger charge is 2.22. The lowest BCUT2D eigenvalue weighted by Gasteiger charge is -2.32. The first-order chi connectivity index (χ1) is 9.58. The number of nitrogens with two attached hydrogens (primary N) is 1. The van der Waals surface area contributed by atoms with Gasteiger partial charge in [-0.05, 0) is 12.1 Å². The molecule has 1 aromatic heterocycles. The molecule has 1 aliphatic heterocycles. The van der Waals surface area contributed by atoms with E-state index < -0.39 is 0 Å². The second-order valence-corrected chi connectivity index (χ2v) is 6.72. The second kappa shape index (κ2) is 8.92. The van der Waals surface area contributed by atoms with Crippen molar-refractivity contribution < 1.29 is 9.53 Å². The van der Waals surface area contributed by atoms with E-state index in [4.69, 9.17) is 22.1 Å². The molecule has 1 atom stereocenters. The monoisotopic (exact) mass is 353 g/mol. The molecule has 1 unspecified atom stereocenters. The molecule has 5 nitrogen and oxygen atoms in total. The van der Waals surface area contributed by atoms with Crippen molar-refractivity contribution in [1.29, 1.82) is 0 Å². The largest absolute Gasteiger partial charge is 0.374 e. The van der Waals surface area contributed by atoms with Crippen molar-refractivity contribution in [3.63, 3.8) is 0 Å². The van der Waals surface area contributed by atoms with Gasteiger partial charge in [0.15, 0.2) is 0 Å². The molecule has 1 fully saturated rings. The molecule has 1 saturated heterocycles. The number of carbonyl (C=O) groups is 1. The summed E-state index contributed by atoms with van der Waals surface area (Å²) in [5, 5.41) is 0. The van der Waals surface area contributed by atoms with E-state index in [9.17, 15) is 4.79 Å². The minimum atomic E-state index is 0. The molecule has 0 aromatic carbocycles. The molecule has 2 heterocycles. The van der Waals surface area contributed by atoms with Crippen LogP contribution in [0.25, 0.3) is 0 Å². The second-order valence-electron chi connectivity index (χ2n) is 4.92. The number of rotatable bonds is 5. The highest BCUT2D eigenvalue weighted by molar-refractivity contribution is 7.16. The van der Waals surface area contributed by atoms with Crippen LogP contribution in [0.1, 0.15) is 4.88 Å². The van der Waals surface area contributed by atoms with Gasteiger partial charge in [0.05, 0.1) is 30.1 Å². The van der Waals surface area contributed by atoms with Gasteiger partial charge in [-0.3, -0.25) is 9.69 Å².